The summed E-state index contributed by atoms with van der Waals surface area (Å²) >= 11 is 3.26. The molecule has 7 heteroatoms. The Bertz CT molecular complexity index is 562. The van der Waals surface area contributed by atoms with Crippen molar-refractivity contribution in [3.05, 3.63) is 22.7 Å². The van der Waals surface area contributed by atoms with Gasteiger partial charge in [0.25, 0.3) is 5.89 Å². The van der Waals surface area contributed by atoms with E-state index in [1.165, 1.54) is 12.8 Å². The van der Waals surface area contributed by atoms with Gasteiger partial charge in [-0.2, -0.15) is 0 Å². The number of halogens is 1. The fraction of sp³-hybridized carbons (Fsp3) is 0.538. The molecule has 1 saturated heterocycles. The van der Waals surface area contributed by atoms with Crippen LogP contribution in [0.3, 0.4) is 0 Å². The Hall–Kier alpha value is -1.18. The van der Waals surface area contributed by atoms with E-state index in [4.69, 9.17) is 8.83 Å². The lowest BCUT2D eigenvalue weighted by molar-refractivity contribution is 0.180. The van der Waals surface area contributed by atoms with E-state index in [2.05, 4.69) is 43.4 Å². The van der Waals surface area contributed by atoms with Crippen LogP contribution in [0.25, 0.3) is 11.7 Å². The minimum atomic E-state index is 0.417. The van der Waals surface area contributed by atoms with Gasteiger partial charge in [0, 0.05) is 12.6 Å². The molecular weight excluding hydrogens is 324 g/mol. The van der Waals surface area contributed by atoms with E-state index in [0.717, 1.165) is 13.1 Å². The van der Waals surface area contributed by atoms with Crippen LogP contribution in [0.1, 0.15) is 18.7 Å². The second-order valence-corrected chi connectivity index (χ2v) is 5.80. The van der Waals surface area contributed by atoms with E-state index in [1.807, 2.05) is 0 Å². The van der Waals surface area contributed by atoms with E-state index >= 15 is 0 Å². The molecule has 0 radical (unpaired) electrons. The fourth-order valence-electron chi connectivity index (χ4n) is 2.40. The Morgan fingerprint density at radius 3 is 3.00 bits per heavy atom. The maximum atomic E-state index is 5.65. The summed E-state index contributed by atoms with van der Waals surface area (Å²) in [4.78, 5) is 2.25. The number of nitrogens with zero attached hydrogens (tertiary/aromatic N) is 3. The van der Waals surface area contributed by atoms with Gasteiger partial charge in [0.1, 0.15) is 0 Å². The lowest BCUT2D eigenvalue weighted by atomic mass is 10.1. The lowest BCUT2D eigenvalue weighted by Gasteiger charge is -2.30. The van der Waals surface area contributed by atoms with Crippen molar-refractivity contribution in [1.82, 2.24) is 20.4 Å². The van der Waals surface area contributed by atoms with E-state index in [-0.39, 0.29) is 0 Å². The molecule has 0 saturated carbocycles. The van der Waals surface area contributed by atoms with Crippen molar-refractivity contribution < 1.29 is 8.83 Å². The summed E-state index contributed by atoms with van der Waals surface area (Å²) in [5.41, 5.74) is 0. The summed E-state index contributed by atoms with van der Waals surface area (Å²) in [5, 5.41) is 11.5. The molecule has 108 valence electrons. The first kappa shape index (κ1) is 13.8. The predicted octanol–water partition coefficient (Wildman–Crippen LogP) is 2.28. The normalized spacial score (nSPS) is 19.6. The van der Waals surface area contributed by atoms with E-state index in [0.29, 0.717) is 34.8 Å². The predicted molar refractivity (Wildman–Crippen MR) is 77.1 cm³/mol. The summed E-state index contributed by atoms with van der Waals surface area (Å²) < 4.78 is 11.7. The molecule has 3 heterocycles. The van der Waals surface area contributed by atoms with E-state index < -0.39 is 0 Å². The molecule has 1 N–H and O–H groups in total. The van der Waals surface area contributed by atoms with Crippen LogP contribution in [-0.2, 0) is 6.54 Å². The number of hydrogen-bond donors (Lipinski definition) is 1. The summed E-state index contributed by atoms with van der Waals surface area (Å²) in [6, 6.07) is 4.13. The summed E-state index contributed by atoms with van der Waals surface area (Å²) in [5.74, 6) is 1.61. The van der Waals surface area contributed by atoms with Gasteiger partial charge in [-0.15, -0.1) is 10.2 Å². The van der Waals surface area contributed by atoms with Crippen molar-refractivity contribution in [3.63, 3.8) is 0 Å². The highest BCUT2D eigenvalue weighted by atomic mass is 79.9. The van der Waals surface area contributed by atoms with Gasteiger partial charge < -0.3 is 14.2 Å². The molecule has 2 aromatic rings. The quantitative estimate of drug-likeness (QED) is 0.920. The van der Waals surface area contributed by atoms with Crippen LogP contribution in [-0.4, -0.2) is 41.3 Å². The van der Waals surface area contributed by atoms with Crippen molar-refractivity contribution >= 4 is 15.9 Å². The number of piperidine rings is 1. The highest BCUT2D eigenvalue weighted by Gasteiger charge is 2.20. The molecule has 20 heavy (non-hydrogen) atoms. The highest BCUT2D eigenvalue weighted by Crippen LogP contribution is 2.24. The Kier molecular flexibility index (Phi) is 4.18. The summed E-state index contributed by atoms with van der Waals surface area (Å²) in [6.07, 6.45) is 2.42. The minimum Gasteiger partial charge on any atom is -0.444 e. The summed E-state index contributed by atoms with van der Waals surface area (Å²) in [6.45, 7) is 2.78. The molecule has 0 bridgehead atoms. The Morgan fingerprint density at radius 2 is 2.30 bits per heavy atom. The molecule has 0 spiro atoms. The van der Waals surface area contributed by atoms with Gasteiger partial charge in [0.05, 0.1) is 6.54 Å². The third-order valence-corrected chi connectivity index (χ3v) is 3.96. The highest BCUT2D eigenvalue weighted by molar-refractivity contribution is 9.10. The van der Waals surface area contributed by atoms with Gasteiger partial charge in [-0.3, -0.25) is 4.90 Å². The average molecular weight is 341 g/mol. The zero-order valence-electron chi connectivity index (χ0n) is 11.3. The number of hydrogen-bond acceptors (Lipinski definition) is 6. The molecule has 1 unspecified atom stereocenters. The molecule has 0 aromatic carbocycles. The third-order valence-electron chi connectivity index (χ3n) is 3.53. The van der Waals surface area contributed by atoms with Crippen LogP contribution >= 0.6 is 15.9 Å². The van der Waals surface area contributed by atoms with Gasteiger partial charge in [0.15, 0.2) is 10.4 Å². The van der Waals surface area contributed by atoms with E-state index in [1.54, 1.807) is 12.1 Å². The number of rotatable bonds is 4. The van der Waals surface area contributed by atoms with Crippen LogP contribution in [0, 0.1) is 0 Å². The molecule has 0 aliphatic carbocycles. The first-order valence-electron chi connectivity index (χ1n) is 6.71. The zero-order chi connectivity index (χ0) is 13.9. The monoisotopic (exact) mass is 340 g/mol. The van der Waals surface area contributed by atoms with Gasteiger partial charge >= 0.3 is 0 Å². The van der Waals surface area contributed by atoms with Crippen LogP contribution in [0.15, 0.2) is 25.6 Å². The standard InChI is InChI=1S/C13H17BrN4O2/c1-18(9-3-2-6-15-7-9)8-12-16-17-13(20-12)10-4-5-11(14)19-10/h4-5,9,15H,2-3,6-8H2,1H3. The number of likely N-dealkylation sites (N-methyl/N-ethyl adjacent to an activating group) is 1. The molecule has 1 aliphatic heterocycles. The van der Waals surface area contributed by atoms with E-state index in [9.17, 15) is 0 Å². The van der Waals surface area contributed by atoms with Crippen molar-refractivity contribution in [2.45, 2.75) is 25.4 Å². The fourth-order valence-corrected chi connectivity index (χ4v) is 2.70. The zero-order valence-corrected chi connectivity index (χ0v) is 12.9. The van der Waals surface area contributed by atoms with Crippen molar-refractivity contribution in [2.75, 3.05) is 20.1 Å². The largest absolute Gasteiger partial charge is 0.444 e. The topological polar surface area (TPSA) is 67.3 Å². The number of furan rings is 1. The van der Waals surface area contributed by atoms with Gasteiger partial charge in [-0.05, 0) is 54.5 Å². The van der Waals surface area contributed by atoms with Crippen LogP contribution in [0.5, 0.6) is 0 Å². The van der Waals surface area contributed by atoms with Crippen molar-refractivity contribution in [3.8, 4) is 11.7 Å². The summed E-state index contributed by atoms with van der Waals surface area (Å²) in [7, 11) is 2.09. The van der Waals surface area contributed by atoms with Crippen molar-refractivity contribution in [2.24, 2.45) is 0 Å². The Morgan fingerprint density at radius 1 is 1.40 bits per heavy atom. The maximum Gasteiger partial charge on any atom is 0.283 e. The van der Waals surface area contributed by atoms with Crippen LogP contribution in [0.4, 0.5) is 0 Å². The lowest BCUT2D eigenvalue weighted by Crippen LogP contribution is -2.43. The molecule has 2 aromatic heterocycles. The maximum absolute atomic E-state index is 5.65. The average Bonchev–Trinajstić information content (AvgIpc) is 3.09. The molecular formula is C13H17BrN4O2. The van der Waals surface area contributed by atoms with Gasteiger partial charge in [-0.25, -0.2) is 0 Å². The Labute approximate surface area is 125 Å². The van der Waals surface area contributed by atoms with Crippen LogP contribution < -0.4 is 5.32 Å². The number of nitrogens with one attached hydrogen (secondary N) is 1. The first-order chi connectivity index (χ1) is 9.72. The van der Waals surface area contributed by atoms with Gasteiger partial charge in [-0.1, -0.05) is 0 Å². The molecule has 0 amide bonds. The first-order valence-corrected chi connectivity index (χ1v) is 7.51. The number of aromatic nitrogens is 2. The van der Waals surface area contributed by atoms with Gasteiger partial charge in [0.2, 0.25) is 5.89 Å². The molecule has 3 rings (SSSR count). The Balaban J connectivity index is 1.64. The van der Waals surface area contributed by atoms with Crippen LogP contribution in [0.2, 0.25) is 0 Å². The SMILES string of the molecule is CN(Cc1nnc(-c2ccc(Br)o2)o1)C1CCCNC1. The molecule has 6 nitrogen and oxygen atoms in total. The minimum absolute atomic E-state index is 0.417. The molecule has 1 atom stereocenters. The smallest absolute Gasteiger partial charge is 0.283 e. The van der Waals surface area contributed by atoms with Crippen molar-refractivity contribution in [1.29, 1.82) is 0 Å². The second kappa shape index (κ2) is 6.07. The molecule has 1 aliphatic rings. The third kappa shape index (κ3) is 3.11. The molecule has 1 fully saturated rings. The second-order valence-electron chi connectivity index (χ2n) is 5.02.